The standard InChI is InChI=1S/C23H19ClF3N5/c1-2-32(19-9-5-7-14-6-3-4-8-16(14)19)22-20(28)21(29-13-30-22)31-15-10-11-18(24)17(12-15)23(25,26)27/h3-13H,2,28H2,1H3,(H,29,30,31). The lowest BCUT2D eigenvalue weighted by molar-refractivity contribution is -0.137. The minimum Gasteiger partial charge on any atom is -0.393 e. The fourth-order valence-electron chi connectivity index (χ4n) is 3.54. The van der Waals surface area contributed by atoms with E-state index in [2.05, 4.69) is 15.3 Å². The normalized spacial score (nSPS) is 11.5. The summed E-state index contributed by atoms with van der Waals surface area (Å²) in [6.45, 7) is 2.53. The third kappa shape index (κ3) is 4.13. The van der Waals surface area contributed by atoms with Crippen molar-refractivity contribution in [2.24, 2.45) is 0 Å². The van der Waals surface area contributed by atoms with Crippen LogP contribution in [-0.4, -0.2) is 16.5 Å². The number of alkyl halides is 3. The molecular formula is C23H19ClF3N5. The average molecular weight is 458 g/mol. The second-order valence-electron chi connectivity index (χ2n) is 7.02. The lowest BCUT2D eigenvalue weighted by atomic mass is 10.1. The maximum Gasteiger partial charge on any atom is 0.417 e. The van der Waals surface area contributed by atoms with Gasteiger partial charge in [-0.25, -0.2) is 9.97 Å². The van der Waals surface area contributed by atoms with E-state index in [1.165, 1.54) is 18.5 Å². The van der Waals surface area contributed by atoms with Crippen molar-refractivity contribution in [2.45, 2.75) is 13.1 Å². The third-order valence-corrected chi connectivity index (χ3v) is 5.36. The van der Waals surface area contributed by atoms with Crippen LogP contribution < -0.4 is 16.0 Å². The third-order valence-electron chi connectivity index (χ3n) is 5.03. The van der Waals surface area contributed by atoms with Gasteiger partial charge in [0.1, 0.15) is 12.0 Å². The van der Waals surface area contributed by atoms with E-state index in [1.54, 1.807) is 0 Å². The number of halogens is 4. The van der Waals surface area contributed by atoms with E-state index in [4.69, 9.17) is 17.3 Å². The van der Waals surface area contributed by atoms with Gasteiger partial charge in [-0.1, -0.05) is 48.0 Å². The zero-order valence-electron chi connectivity index (χ0n) is 17.0. The quantitative estimate of drug-likeness (QED) is 0.345. The molecule has 0 saturated heterocycles. The molecule has 3 aromatic carbocycles. The highest BCUT2D eigenvalue weighted by Crippen LogP contribution is 2.39. The summed E-state index contributed by atoms with van der Waals surface area (Å²) in [5.74, 6) is 0.649. The molecule has 0 aliphatic heterocycles. The van der Waals surface area contributed by atoms with Crippen LogP contribution in [0.15, 0.2) is 67.0 Å². The fourth-order valence-corrected chi connectivity index (χ4v) is 3.76. The first-order valence-corrected chi connectivity index (χ1v) is 10.2. The molecule has 32 heavy (non-hydrogen) atoms. The van der Waals surface area contributed by atoms with Crippen LogP contribution in [0.1, 0.15) is 12.5 Å². The highest BCUT2D eigenvalue weighted by atomic mass is 35.5. The molecule has 0 atom stereocenters. The zero-order valence-corrected chi connectivity index (χ0v) is 17.7. The first-order chi connectivity index (χ1) is 15.3. The number of anilines is 5. The Kier molecular flexibility index (Phi) is 5.80. The molecule has 164 valence electrons. The lowest BCUT2D eigenvalue weighted by Crippen LogP contribution is -2.20. The average Bonchev–Trinajstić information content (AvgIpc) is 2.77. The molecule has 0 amide bonds. The number of aromatic nitrogens is 2. The van der Waals surface area contributed by atoms with Gasteiger partial charge in [0.15, 0.2) is 11.6 Å². The van der Waals surface area contributed by atoms with Crippen LogP contribution in [0.4, 0.5) is 41.9 Å². The summed E-state index contributed by atoms with van der Waals surface area (Å²) >= 11 is 5.71. The number of nitrogens with one attached hydrogen (secondary N) is 1. The van der Waals surface area contributed by atoms with Crippen LogP contribution >= 0.6 is 11.6 Å². The summed E-state index contributed by atoms with van der Waals surface area (Å²) < 4.78 is 39.6. The summed E-state index contributed by atoms with van der Waals surface area (Å²) in [5, 5.41) is 4.57. The van der Waals surface area contributed by atoms with Gasteiger partial charge in [-0.3, -0.25) is 0 Å². The second-order valence-corrected chi connectivity index (χ2v) is 7.43. The number of nitrogens with two attached hydrogens (primary N) is 1. The summed E-state index contributed by atoms with van der Waals surface area (Å²) in [4.78, 5) is 10.4. The van der Waals surface area contributed by atoms with Crippen molar-refractivity contribution in [3.05, 3.63) is 77.6 Å². The molecule has 1 heterocycles. The Labute approximate surface area is 187 Å². The van der Waals surface area contributed by atoms with E-state index in [-0.39, 0.29) is 22.2 Å². The van der Waals surface area contributed by atoms with Gasteiger partial charge in [0.25, 0.3) is 0 Å². The molecule has 0 aliphatic rings. The van der Waals surface area contributed by atoms with Gasteiger partial charge in [-0.15, -0.1) is 0 Å². The minimum absolute atomic E-state index is 0.159. The minimum atomic E-state index is -4.58. The Hall–Kier alpha value is -3.52. The zero-order chi connectivity index (χ0) is 22.9. The monoisotopic (exact) mass is 457 g/mol. The van der Waals surface area contributed by atoms with Crippen LogP contribution in [0.3, 0.4) is 0 Å². The molecule has 0 bridgehead atoms. The first kappa shape index (κ1) is 21.7. The largest absolute Gasteiger partial charge is 0.417 e. The number of nitrogen functional groups attached to an aromatic ring is 1. The smallest absolute Gasteiger partial charge is 0.393 e. The Morgan fingerprint density at radius 2 is 1.78 bits per heavy atom. The molecular weight excluding hydrogens is 439 g/mol. The number of rotatable bonds is 5. The van der Waals surface area contributed by atoms with Crippen molar-refractivity contribution in [3.63, 3.8) is 0 Å². The van der Waals surface area contributed by atoms with Gasteiger partial charge in [0.05, 0.1) is 16.3 Å². The molecule has 5 nitrogen and oxygen atoms in total. The Bertz CT molecular complexity index is 1270. The van der Waals surface area contributed by atoms with E-state index in [0.717, 1.165) is 22.5 Å². The van der Waals surface area contributed by atoms with Crippen molar-refractivity contribution in [3.8, 4) is 0 Å². The maximum absolute atomic E-state index is 13.2. The molecule has 0 spiro atoms. The predicted molar refractivity (Wildman–Crippen MR) is 123 cm³/mol. The second kappa shape index (κ2) is 8.55. The van der Waals surface area contributed by atoms with Crippen LogP contribution in [0.25, 0.3) is 10.8 Å². The van der Waals surface area contributed by atoms with Crippen molar-refractivity contribution in [1.29, 1.82) is 0 Å². The Balaban J connectivity index is 1.74. The molecule has 4 aromatic rings. The molecule has 0 aliphatic carbocycles. The number of benzene rings is 3. The lowest BCUT2D eigenvalue weighted by Gasteiger charge is -2.25. The molecule has 0 saturated carbocycles. The van der Waals surface area contributed by atoms with Gasteiger partial charge >= 0.3 is 6.18 Å². The van der Waals surface area contributed by atoms with E-state index in [0.29, 0.717) is 12.4 Å². The molecule has 1 aromatic heterocycles. The van der Waals surface area contributed by atoms with Crippen LogP contribution in [-0.2, 0) is 6.18 Å². The van der Waals surface area contributed by atoms with Crippen LogP contribution in [0.2, 0.25) is 5.02 Å². The summed E-state index contributed by atoms with van der Waals surface area (Å²) in [7, 11) is 0. The highest BCUT2D eigenvalue weighted by Gasteiger charge is 2.33. The van der Waals surface area contributed by atoms with Gasteiger partial charge in [0.2, 0.25) is 0 Å². The van der Waals surface area contributed by atoms with E-state index >= 15 is 0 Å². The molecule has 0 unspecified atom stereocenters. The number of nitrogens with zero attached hydrogens (tertiary/aromatic N) is 3. The maximum atomic E-state index is 13.2. The van der Waals surface area contributed by atoms with Crippen LogP contribution in [0.5, 0.6) is 0 Å². The van der Waals surface area contributed by atoms with Crippen molar-refractivity contribution < 1.29 is 13.2 Å². The molecule has 0 radical (unpaired) electrons. The summed E-state index contributed by atoms with van der Waals surface area (Å²) in [6.07, 6.45) is -3.26. The van der Waals surface area contributed by atoms with Gasteiger partial charge in [-0.05, 0) is 36.6 Å². The summed E-state index contributed by atoms with van der Waals surface area (Å²) in [6, 6.07) is 17.4. The topological polar surface area (TPSA) is 67.1 Å². The molecule has 9 heteroatoms. The molecule has 0 fully saturated rings. The molecule has 3 N–H and O–H groups in total. The van der Waals surface area contributed by atoms with E-state index in [1.807, 2.05) is 54.3 Å². The van der Waals surface area contributed by atoms with Crippen molar-refractivity contribution in [2.75, 3.05) is 22.5 Å². The van der Waals surface area contributed by atoms with Gasteiger partial charge < -0.3 is 16.0 Å². The molecule has 4 rings (SSSR count). The fraction of sp³-hybridized carbons (Fsp3) is 0.130. The van der Waals surface area contributed by atoms with E-state index in [9.17, 15) is 13.2 Å². The van der Waals surface area contributed by atoms with Crippen molar-refractivity contribution >= 4 is 51.1 Å². The van der Waals surface area contributed by atoms with Crippen LogP contribution in [0, 0.1) is 0 Å². The number of fused-ring (bicyclic) bond motifs is 1. The Morgan fingerprint density at radius 1 is 1.03 bits per heavy atom. The van der Waals surface area contributed by atoms with Gasteiger partial charge in [-0.2, -0.15) is 13.2 Å². The summed E-state index contributed by atoms with van der Waals surface area (Å²) in [5.41, 5.74) is 6.71. The predicted octanol–water partition coefficient (Wildman–Crippen LogP) is 6.79. The van der Waals surface area contributed by atoms with E-state index < -0.39 is 11.7 Å². The Morgan fingerprint density at radius 3 is 2.53 bits per heavy atom. The highest BCUT2D eigenvalue weighted by molar-refractivity contribution is 6.31. The number of hydrogen-bond acceptors (Lipinski definition) is 5. The van der Waals surface area contributed by atoms with Gasteiger partial charge in [0, 0.05) is 17.6 Å². The number of hydrogen-bond donors (Lipinski definition) is 2. The SMILES string of the molecule is CCN(c1ncnc(Nc2ccc(Cl)c(C(F)(F)F)c2)c1N)c1cccc2ccccc12. The van der Waals surface area contributed by atoms with Crippen molar-refractivity contribution in [1.82, 2.24) is 9.97 Å². The first-order valence-electron chi connectivity index (χ1n) is 9.79.